The van der Waals surface area contributed by atoms with Gasteiger partial charge in [0.25, 0.3) is 0 Å². The molecule has 2 aliphatic carbocycles. The number of nitrogens with zero attached hydrogens (tertiary/aromatic N) is 4. The molecule has 0 N–H and O–H groups in total. The molecule has 0 unspecified atom stereocenters. The predicted octanol–water partition coefficient (Wildman–Crippen LogP) is 22.2. The van der Waals surface area contributed by atoms with Crippen molar-refractivity contribution in [1.82, 2.24) is 0 Å². The van der Waals surface area contributed by atoms with E-state index in [9.17, 15) is 0 Å². The molecule has 2 aliphatic rings. The van der Waals surface area contributed by atoms with E-state index < -0.39 is 10.8 Å². The van der Waals surface area contributed by atoms with Crippen molar-refractivity contribution in [3.8, 4) is 22.3 Å². The lowest BCUT2D eigenvalue weighted by Gasteiger charge is -2.40. The van der Waals surface area contributed by atoms with Gasteiger partial charge in [0.05, 0.1) is 5.41 Å². The molecular weight excluding hydrogens is 1040 g/mol. The first-order valence-electron chi connectivity index (χ1n) is 29.7. The summed E-state index contributed by atoms with van der Waals surface area (Å²) in [6.07, 6.45) is 0. The number of hydrogen-bond donors (Lipinski definition) is 0. The summed E-state index contributed by atoms with van der Waals surface area (Å²) in [5.74, 6) is 0. The number of fused-ring (bicyclic) bond motifs is 7. The number of anilines is 12. The van der Waals surface area contributed by atoms with Crippen LogP contribution in [0, 0.1) is 0 Å². The van der Waals surface area contributed by atoms with E-state index in [0.29, 0.717) is 0 Å². The van der Waals surface area contributed by atoms with Gasteiger partial charge in [-0.25, -0.2) is 0 Å². The van der Waals surface area contributed by atoms with E-state index in [1.54, 1.807) is 0 Å². The lowest BCUT2D eigenvalue weighted by Crippen LogP contribution is -2.33. The summed E-state index contributed by atoms with van der Waals surface area (Å²) in [6.45, 7) is 4.90. The highest BCUT2D eigenvalue weighted by atomic mass is 15.2. The molecule has 0 amide bonds. The van der Waals surface area contributed by atoms with Crippen molar-refractivity contribution >= 4 is 68.2 Å². The van der Waals surface area contributed by atoms with Gasteiger partial charge in [0.1, 0.15) is 0 Å². The van der Waals surface area contributed by atoms with E-state index >= 15 is 0 Å². The molecule has 13 aromatic carbocycles. The lowest BCUT2D eigenvalue weighted by atomic mass is 9.63. The zero-order valence-corrected chi connectivity index (χ0v) is 48.1. The van der Waals surface area contributed by atoms with Crippen LogP contribution >= 0.6 is 0 Å². The normalized spacial score (nSPS) is 13.0. The van der Waals surface area contributed by atoms with Crippen molar-refractivity contribution < 1.29 is 0 Å². The van der Waals surface area contributed by atoms with Gasteiger partial charge in [-0.3, -0.25) is 0 Å². The molecule has 0 radical (unpaired) electrons. The fourth-order valence-electron chi connectivity index (χ4n) is 14.0. The summed E-state index contributed by atoms with van der Waals surface area (Å²) in [7, 11) is 0. The van der Waals surface area contributed by atoms with Crippen molar-refractivity contribution in [2.75, 3.05) is 19.6 Å². The van der Waals surface area contributed by atoms with Gasteiger partial charge < -0.3 is 19.6 Å². The predicted molar refractivity (Wildman–Crippen MR) is 360 cm³/mol. The van der Waals surface area contributed by atoms with Crippen molar-refractivity contribution in [3.05, 3.63) is 373 Å². The van der Waals surface area contributed by atoms with Crippen molar-refractivity contribution in [3.63, 3.8) is 0 Å². The van der Waals surface area contributed by atoms with Crippen LogP contribution in [0.4, 0.5) is 68.2 Å². The van der Waals surface area contributed by atoms with Crippen LogP contribution in [-0.2, 0) is 10.8 Å². The summed E-state index contributed by atoms with van der Waals surface area (Å²) in [5.41, 5.74) is 23.5. The number of hydrogen-bond acceptors (Lipinski definition) is 4. The minimum absolute atomic E-state index is 0.411. The van der Waals surface area contributed by atoms with Crippen LogP contribution in [0.15, 0.2) is 340 Å². The Morgan fingerprint density at radius 2 is 0.430 bits per heavy atom. The molecule has 15 rings (SSSR count). The standard InChI is InChI=1S/C82H62N4/c1-81(2)77-49-29-27-47-73(77)75-51-52-76-74-48-28-30-50-78(74)82(80(76)79(75)81,59-53-69(83(61-31-11-3-12-32-61)62-33-13-4-14-34-62)57-70(54-59)84(63-35-15-5-16-36-63)64-37-17-6-18-38-64)60-55-71(85(65-39-19-7-20-40-65)66-41-21-8-22-42-66)58-72(56-60)86(67-43-23-9-24-44-67)68-45-25-10-26-46-68/h3-58H,1-2H3. The van der Waals surface area contributed by atoms with E-state index in [1.165, 1.54) is 44.5 Å². The van der Waals surface area contributed by atoms with Crippen LogP contribution in [0.25, 0.3) is 22.3 Å². The Kier molecular flexibility index (Phi) is 13.1. The van der Waals surface area contributed by atoms with Gasteiger partial charge in [0, 0.05) is 73.7 Å². The molecule has 0 aliphatic heterocycles. The molecule has 0 aromatic heterocycles. The van der Waals surface area contributed by atoms with Gasteiger partial charge in [0.2, 0.25) is 0 Å². The third-order valence-corrected chi connectivity index (χ3v) is 17.5. The zero-order valence-electron chi connectivity index (χ0n) is 48.1. The maximum atomic E-state index is 2.52. The Balaban J connectivity index is 1.15. The second-order valence-corrected chi connectivity index (χ2v) is 22.9. The molecule has 0 fully saturated rings. The highest BCUT2D eigenvalue weighted by Gasteiger charge is 2.53. The Labute approximate surface area is 505 Å². The molecule has 410 valence electrons. The van der Waals surface area contributed by atoms with E-state index in [2.05, 4.69) is 373 Å². The average molecular weight is 1100 g/mol. The molecule has 0 saturated heterocycles. The topological polar surface area (TPSA) is 13.0 Å². The summed E-state index contributed by atoms with van der Waals surface area (Å²) >= 11 is 0. The largest absolute Gasteiger partial charge is 0.310 e. The molecule has 86 heavy (non-hydrogen) atoms. The number of rotatable bonds is 14. The Morgan fingerprint density at radius 3 is 0.721 bits per heavy atom. The molecule has 0 heterocycles. The summed E-state index contributed by atoms with van der Waals surface area (Å²) in [4.78, 5) is 9.75. The Hall–Kier alpha value is -10.9. The SMILES string of the molecule is CC1(C)c2ccccc2-c2ccc3c(c21)C(c1cc(N(c2ccccc2)c2ccccc2)cc(N(c2ccccc2)c2ccccc2)c1)(c1cc(N(c2ccccc2)c2ccccc2)cc(N(c2ccccc2)c2ccccc2)c1)c1ccccc1-3. The highest BCUT2D eigenvalue weighted by Crippen LogP contribution is 2.64. The van der Waals surface area contributed by atoms with E-state index in [0.717, 1.165) is 79.4 Å². The average Bonchev–Trinajstić information content (AvgIpc) is 1.50. The maximum Gasteiger partial charge on any atom is 0.0719 e. The van der Waals surface area contributed by atoms with Crippen molar-refractivity contribution in [2.45, 2.75) is 24.7 Å². The number of benzene rings is 13. The molecule has 0 atom stereocenters. The molecular formula is C82H62N4. The zero-order chi connectivity index (χ0) is 57.6. The third-order valence-electron chi connectivity index (χ3n) is 17.5. The van der Waals surface area contributed by atoms with Gasteiger partial charge in [-0.1, -0.05) is 220 Å². The molecule has 4 nitrogen and oxygen atoms in total. The van der Waals surface area contributed by atoms with Crippen LogP contribution < -0.4 is 19.6 Å². The van der Waals surface area contributed by atoms with E-state index in [1.807, 2.05) is 0 Å². The smallest absolute Gasteiger partial charge is 0.0719 e. The van der Waals surface area contributed by atoms with Gasteiger partial charge in [-0.05, 0) is 189 Å². The molecule has 0 saturated carbocycles. The minimum atomic E-state index is -0.998. The maximum absolute atomic E-state index is 2.52. The second kappa shape index (κ2) is 21.7. The van der Waals surface area contributed by atoms with Crippen LogP contribution in [0.5, 0.6) is 0 Å². The number of para-hydroxylation sites is 8. The van der Waals surface area contributed by atoms with Crippen LogP contribution in [0.1, 0.15) is 47.2 Å². The third kappa shape index (κ3) is 8.76. The molecule has 4 heteroatoms. The molecule has 0 bridgehead atoms. The summed E-state index contributed by atoms with van der Waals surface area (Å²) < 4.78 is 0. The first-order valence-corrected chi connectivity index (χ1v) is 29.7. The molecule has 13 aromatic rings. The van der Waals surface area contributed by atoms with Gasteiger partial charge in [0.15, 0.2) is 0 Å². The minimum Gasteiger partial charge on any atom is -0.310 e. The first-order chi connectivity index (χ1) is 42.4. The fourth-order valence-corrected chi connectivity index (χ4v) is 14.0. The summed E-state index contributed by atoms with van der Waals surface area (Å²) in [6, 6.07) is 125. The van der Waals surface area contributed by atoms with Gasteiger partial charge in [-0.15, -0.1) is 0 Å². The second-order valence-electron chi connectivity index (χ2n) is 22.9. The monoisotopic (exact) mass is 1100 g/mol. The van der Waals surface area contributed by atoms with E-state index in [-0.39, 0.29) is 0 Å². The molecule has 0 spiro atoms. The van der Waals surface area contributed by atoms with Crippen molar-refractivity contribution in [1.29, 1.82) is 0 Å². The van der Waals surface area contributed by atoms with Gasteiger partial charge >= 0.3 is 0 Å². The van der Waals surface area contributed by atoms with Crippen molar-refractivity contribution in [2.24, 2.45) is 0 Å². The summed E-state index contributed by atoms with van der Waals surface area (Å²) in [5, 5.41) is 0. The van der Waals surface area contributed by atoms with E-state index in [4.69, 9.17) is 0 Å². The van der Waals surface area contributed by atoms with Crippen LogP contribution in [0.3, 0.4) is 0 Å². The van der Waals surface area contributed by atoms with Crippen LogP contribution in [-0.4, -0.2) is 0 Å². The lowest BCUT2D eigenvalue weighted by molar-refractivity contribution is 0.633. The Morgan fingerprint density at radius 1 is 0.198 bits per heavy atom. The van der Waals surface area contributed by atoms with Gasteiger partial charge in [-0.2, -0.15) is 0 Å². The van der Waals surface area contributed by atoms with Crippen LogP contribution in [0.2, 0.25) is 0 Å². The highest BCUT2D eigenvalue weighted by molar-refractivity contribution is 5.97. The quantitative estimate of drug-likeness (QED) is 0.108. The first kappa shape index (κ1) is 51.9. The fraction of sp³-hybridized carbons (Fsp3) is 0.0488. The Bertz CT molecular complexity index is 3960.